The fourth-order valence-corrected chi connectivity index (χ4v) is 4.17. The van der Waals surface area contributed by atoms with Gasteiger partial charge in [0.2, 0.25) is 0 Å². The molecular weight excluding hydrogens is 200 g/mol. The van der Waals surface area contributed by atoms with Crippen molar-refractivity contribution < 1.29 is 9.53 Å². The standard InChI is InChI=1S/C14H20O2/c1-10-9-14(16-13(10)15)8-4-6-11-5-2-3-7-12(11)14/h11-12H,1-9H2/t11-,12+,14-/m0/s1. The Morgan fingerprint density at radius 1 is 1.19 bits per heavy atom. The quantitative estimate of drug-likeness (QED) is 0.463. The molecule has 0 unspecified atom stereocenters. The molecule has 1 saturated heterocycles. The van der Waals surface area contributed by atoms with Gasteiger partial charge in [0, 0.05) is 17.9 Å². The summed E-state index contributed by atoms with van der Waals surface area (Å²) >= 11 is 0. The highest BCUT2D eigenvalue weighted by Crippen LogP contribution is 2.52. The van der Waals surface area contributed by atoms with Crippen LogP contribution in [0.25, 0.3) is 0 Å². The number of rotatable bonds is 0. The lowest BCUT2D eigenvalue weighted by molar-refractivity contribution is -0.160. The van der Waals surface area contributed by atoms with E-state index in [-0.39, 0.29) is 11.6 Å². The summed E-state index contributed by atoms with van der Waals surface area (Å²) in [6.45, 7) is 3.85. The predicted molar refractivity (Wildman–Crippen MR) is 61.9 cm³/mol. The molecule has 0 aromatic heterocycles. The van der Waals surface area contributed by atoms with E-state index in [1.54, 1.807) is 0 Å². The Morgan fingerprint density at radius 3 is 2.69 bits per heavy atom. The predicted octanol–water partition coefficient (Wildman–Crippen LogP) is 3.22. The summed E-state index contributed by atoms with van der Waals surface area (Å²) < 4.78 is 5.73. The monoisotopic (exact) mass is 220 g/mol. The molecule has 2 saturated carbocycles. The summed E-state index contributed by atoms with van der Waals surface area (Å²) in [5, 5.41) is 0. The molecule has 3 atom stereocenters. The van der Waals surface area contributed by atoms with E-state index in [0.717, 1.165) is 18.8 Å². The minimum Gasteiger partial charge on any atom is -0.455 e. The van der Waals surface area contributed by atoms with Gasteiger partial charge in [-0.25, -0.2) is 4.79 Å². The number of carbonyl (C=O) groups excluding carboxylic acids is 1. The van der Waals surface area contributed by atoms with E-state index in [9.17, 15) is 4.79 Å². The third-order valence-corrected chi connectivity index (χ3v) is 4.86. The molecule has 88 valence electrons. The molecule has 3 aliphatic rings. The molecule has 0 bridgehead atoms. The largest absolute Gasteiger partial charge is 0.455 e. The number of fused-ring (bicyclic) bond motifs is 2. The van der Waals surface area contributed by atoms with Gasteiger partial charge in [-0.1, -0.05) is 25.8 Å². The summed E-state index contributed by atoms with van der Waals surface area (Å²) in [7, 11) is 0. The third-order valence-electron chi connectivity index (χ3n) is 4.86. The molecule has 2 heteroatoms. The maximum atomic E-state index is 11.6. The van der Waals surface area contributed by atoms with E-state index in [1.807, 2.05) is 0 Å². The zero-order valence-corrected chi connectivity index (χ0v) is 9.84. The van der Waals surface area contributed by atoms with Gasteiger partial charge < -0.3 is 4.74 Å². The van der Waals surface area contributed by atoms with E-state index >= 15 is 0 Å². The number of carbonyl (C=O) groups is 1. The van der Waals surface area contributed by atoms with Crippen LogP contribution in [-0.4, -0.2) is 11.6 Å². The van der Waals surface area contributed by atoms with Crippen LogP contribution in [0.5, 0.6) is 0 Å². The van der Waals surface area contributed by atoms with Crippen LogP contribution in [0.2, 0.25) is 0 Å². The maximum absolute atomic E-state index is 11.6. The van der Waals surface area contributed by atoms with E-state index in [4.69, 9.17) is 4.74 Å². The van der Waals surface area contributed by atoms with Gasteiger partial charge in [0.25, 0.3) is 0 Å². The minimum atomic E-state index is -0.141. The lowest BCUT2D eigenvalue weighted by Gasteiger charge is -2.47. The Bertz CT molecular complexity index is 314. The number of ether oxygens (including phenoxy) is 1. The van der Waals surface area contributed by atoms with Crippen molar-refractivity contribution in [1.82, 2.24) is 0 Å². The van der Waals surface area contributed by atoms with Crippen LogP contribution in [-0.2, 0) is 9.53 Å². The van der Waals surface area contributed by atoms with Crippen LogP contribution in [0.4, 0.5) is 0 Å². The van der Waals surface area contributed by atoms with Gasteiger partial charge in [0.05, 0.1) is 0 Å². The average molecular weight is 220 g/mol. The van der Waals surface area contributed by atoms with Crippen LogP contribution >= 0.6 is 0 Å². The summed E-state index contributed by atoms with van der Waals surface area (Å²) in [6, 6.07) is 0. The highest BCUT2D eigenvalue weighted by molar-refractivity contribution is 5.90. The van der Waals surface area contributed by atoms with Crippen molar-refractivity contribution in [2.24, 2.45) is 11.8 Å². The van der Waals surface area contributed by atoms with Gasteiger partial charge in [-0.05, 0) is 31.6 Å². The second-order valence-electron chi connectivity index (χ2n) is 5.78. The lowest BCUT2D eigenvalue weighted by atomic mass is 9.62. The highest BCUT2D eigenvalue weighted by Gasteiger charge is 2.53. The summed E-state index contributed by atoms with van der Waals surface area (Å²) in [6.07, 6.45) is 9.71. The number of esters is 1. The van der Waals surface area contributed by atoms with E-state index in [1.165, 1.54) is 38.5 Å². The number of hydrogen-bond acceptors (Lipinski definition) is 2. The number of hydrogen-bond donors (Lipinski definition) is 0. The molecule has 1 aliphatic heterocycles. The normalized spacial score (nSPS) is 43.2. The van der Waals surface area contributed by atoms with Crippen LogP contribution in [0.3, 0.4) is 0 Å². The fourth-order valence-electron chi connectivity index (χ4n) is 4.17. The van der Waals surface area contributed by atoms with Crippen LogP contribution in [0, 0.1) is 11.8 Å². The van der Waals surface area contributed by atoms with E-state index in [2.05, 4.69) is 6.58 Å². The third kappa shape index (κ3) is 1.42. The van der Waals surface area contributed by atoms with E-state index < -0.39 is 0 Å². The first kappa shape index (κ1) is 10.4. The topological polar surface area (TPSA) is 26.3 Å². The molecule has 0 amide bonds. The highest BCUT2D eigenvalue weighted by atomic mass is 16.6. The second-order valence-corrected chi connectivity index (χ2v) is 5.78. The molecule has 0 aromatic rings. The molecule has 2 aliphatic carbocycles. The molecule has 0 N–H and O–H groups in total. The Kier molecular flexibility index (Phi) is 2.34. The second kappa shape index (κ2) is 3.61. The van der Waals surface area contributed by atoms with Crippen molar-refractivity contribution in [3.63, 3.8) is 0 Å². The molecule has 16 heavy (non-hydrogen) atoms. The van der Waals surface area contributed by atoms with Crippen molar-refractivity contribution in [2.75, 3.05) is 0 Å². The molecular formula is C14H20O2. The summed E-state index contributed by atoms with van der Waals surface area (Å²) in [4.78, 5) is 11.6. The smallest absolute Gasteiger partial charge is 0.334 e. The molecule has 0 radical (unpaired) electrons. The maximum Gasteiger partial charge on any atom is 0.334 e. The van der Waals surface area contributed by atoms with Gasteiger partial charge in [0.15, 0.2) is 0 Å². The van der Waals surface area contributed by atoms with Crippen molar-refractivity contribution >= 4 is 5.97 Å². The molecule has 0 aromatic carbocycles. The fraction of sp³-hybridized carbons (Fsp3) is 0.786. The van der Waals surface area contributed by atoms with Gasteiger partial charge in [0.1, 0.15) is 5.60 Å². The Morgan fingerprint density at radius 2 is 1.94 bits per heavy atom. The first-order valence-electron chi connectivity index (χ1n) is 6.62. The molecule has 3 fully saturated rings. The summed E-state index contributed by atoms with van der Waals surface area (Å²) in [5.74, 6) is 1.30. The average Bonchev–Trinajstić information content (AvgIpc) is 2.56. The molecule has 1 heterocycles. The van der Waals surface area contributed by atoms with Crippen molar-refractivity contribution in [3.05, 3.63) is 12.2 Å². The lowest BCUT2D eigenvalue weighted by Crippen LogP contribution is -2.46. The summed E-state index contributed by atoms with van der Waals surface area (Å²) in [5.41, 5.74) is 0.559. The van der Waals surface area contributed by atoms with Crippen molar-refractivity contribution in [3.8, 4) is 0 Å². The molecule has 2 nitrogen and oxygen atoms in total. The van der Waals surface area contributed by atoms with Crippen LogP contribution < -0.4 is 0 Å². The minimum absolute atomic E-state index is 0.133. The van der Waals surface area contributed by atoms with Gasteiger partial charge in [-0.3, -0.25) is 0 Å². The van der Waals surface area contributed by atoms with E-state index in [0.29, 0.717) is 11.5 Å². The zero-order valence-electron chi connectivity index (χ0n) is 9.84. The van der Waals surface area contributed by atoms with Crippen molar-refractivity contribution in [1.29, 1.82) is 0 Å². The van der Waals surface area contributed by atoms with Gasteiger partial charge in [-0.15, -0.1) is 0 Å². The SMILES string of the molecule is C=C1C[C@]2(CCC[C@@H]3CCCC[C@H]32)OC1=O. The Hall–Kier alpha value is -0.790. The van der Waals surface area contributed by atoms with Crippen LogP contribution in [0.15, 0.2) is 12.2 Å². The molecule has 3 rings (SSSR count). The van der Waals surface area contributed by atoms with Crippen LogP contribution in [0.1, 0.15) is 51.4 Å². The Balaban J connectivity index is 1.88. The van der Waals surface area contributed by atoms with Gasteiger partial charge in [-0.2, -0.15) is 0 Å². The molecule has 1 spiro atoms. The first-order valence-corrected chi connectivity index (χ1v) is 6.62. The van der Waals surface area contributed by atoms with Gasteiger partial charge >= 0.3 is 5.97 Å². The Labute approximate surface area is 97.1 Å². The van der Waals surface area contributed by atoms with Crippen molar-refractivity contribution in [2.45, 2.75) is 57.0 Å². The zero-order chi connectivity index (χ0) is 11.2. The first-order chi connectivity index (χ1) is 7.71.